The van der Waals surface area contributed by atoms with Crippen LogP contribution in [-0.2, 0) is 0 Å². The summed E-state index contributed by atoms with van der Waals surface area (Å²) in [6.07, 6.45) is 0. The van der Waals surface area contributed by atoms with Gasteiger partial charge < -0.3 is 14.8 Å². The first-order chi connectivity index (χ1) is 12.5. The Morgan fingerprint density at radius 1 is 1.12 bits per heavy atom. The Labute approximate surface area is 154 Å². The number of aromatic nitrogens is 1. The van der Waals surface area contributed by atoms with Crippen molar-refractivity contribution in [2.24, 2.45) is 0 Å². The number of aryl methyl sites for hydroxylation is 1. The molecular weight excluding hydrogens is 355 g/mol. The number of nitrogens with zero attached hydrogens (tertiary/aromatic N) is 1. The van der Waals surface area contributed by atoms with Crippen LogP contribution >= 0.6 is 11.3 Å². The molecule has 1 N–H and O–H groups in total. The summed E-state index contributed by atoms with van der Waals surface area (Å²) in [5.74, 6) is 0.405. The van der Waals surface area contributed by atoms with E-state index in [2.05, 4.69) is 10.3 Å². The first-order valence-corrected chi connectivity index (χ1v) is 8.61. The molecule has 0 bridgehead atoms. The first-order valence-electron chi connectivity index (χ1n) is 7.79. The Bertz CT molecular complexity index is 956. The highest BCUT2D eigenvalue weighted by Gasteiger charge is 2.18. The smallest absolute Gasteiger partial charge is 0.267 e. The summed E-state index contributed by atoms with van der Waals surface area (Å²) < 4.78 is 24.4. The number of amides is 1. The first kappa shape index (κ1) is 17.9. The van der Waals surface area contributed by atoms with Crippen LogP contribution in [0.2, 0.25) is 0 Å². The topological polar surface area (TPSA) is 60.5 Å². The SMILES string of the molecule is COc1ccc(NC(=O)c2sc(-c3ccccc3F)nc2C)cc1OC. The van der Waals surface area contributed by atoms with Crippen LogP contribution < -0.4 is 14.8 Å². The molecule has 0 atom stereocenters. The van der Waals surface area contributed by atoms with Crippen LogP contribution in [0.25, 0.3) is 10.6 Å². The van der Waals surface area contributed by atoms with Gasteiger partial charge in [-0.1, -0.05) is 12.1 Å². The Kier molecular flexibility index (Phi) is 5.18. The van der Waals surface area contributed by atoms with Crippen LogP contribution in [0, 0.1) is 12.7 Å². The molecule has 0 aliphatic heterocycles. The van der Waals surface area contributed by atoms with Gasteiger partial charge in [-0.2, -0.15) is 0 Å². The normalized spacial score (nSPS) is 10.5. The number of anilines is 1. The van der Waals surface area contributed by atoms with E-state index in [1.165, 1.54) is 13.2 Å². The van der Waals surface area contributed by atoms with Crippen molar-refractivity contribution in [3.05, 3.63) is 58.9 Å². The highest BCUT2D eigenvalue weighted by atomic mass is 32.1. The predicted octanol–water partition coefficient (Wildman–Crippen LogP) is 4.53. The summed E-state index contributed by atoms with van der Waals surface area (Å²) >= 11 is 1.15. The fraction of sp³-hybridized carbons (Fsp3) is 0.158. The number of carbonyl (C=O) groups is 1. The molecule has 26 heavy (non-hydrogen) atoms. The zero-order chi connectivity index (χ0) is 18.7. The largest absolute Gasteiger partial charge is 0.493 e. The van der Waals surface area contributed by atoms with Crippen molar-refractivity contribution in [1.29, 1.82) is 0 Å². The van der Waals surface area contributed by atoms with E-state index in [0.29, 0.717) is 38.3 Å². The molecule has 2 aromatic carbocycles. The third-order valence-electron chi connectivity index (χ3n) is 3.75. The molecule has 0 aliphatic rings. The highest BCUT2D eigenvalue weighted by molar-refractivity contribution is 7.17. The predicted molar refractivity (Wildman–Crippen MR) is 99.7 cm³/mol. The Morgan fingerprint density at radius 2 is 1.85 bits per heavy atom. The van der Waals surface area contributed by atoms with Crippen LogP contribution in [0.1, 0.15) is 15.4 Å². The fourth-order valence-electron chi connectivity index (χ4n) is 2.46. The second-order valence-corrected chi connectivity index (χ2v) is 6.44. The monoisotopic (exact) mass is 372 g/mol. The van der Waals surface area contributed by atoms with Crippen LogP contribution in [0.5, 0.6) is 11.5 Å². The molecule has 5 nitrogen and oxygen atoms in total. The zero-order valence-electron chi connectivity index (χ0n) is 14.5. The maximum absolute atomic E-state index is 14.0. The molecule has 1 heterocycles. The second-order valence-electron chi connectivity index (χ2n) is 5.44. The van der Waals surface area contributed by atoms with Crippen molar-refractivity contribution in [2.75, 3.05) is 19.5 Å². The zero-order valence-corrected chi connectivity index (χ0v) is 15.3. The lowest BCUT2D eigenvalue weighted by molar-refractivity contribution is 0.103. The van der Waals surface area contributed by atoms with E-state index < -0.39 is 0 Å². The van der Waals surface area contributed by atoms with Gasteiger partial charge in [-0.15, -0.1) is 11.3 Å². The molecular formula is C19H17FN2O3S. The minimum absolute atomic E-state index is 0.310. The lowest BCUT2D eigenvalue weighted by atomic mass is 10.2. The molecule has 0 aliphatic carbocycles. The van der Waals surface area contributed by atoms with Gasteiger partial charge in [0.2, 0.25) is 0 Å². The third kappa shape index (κ3) is 3.52. The van der Waals surface area contributed by atoms with Gasteiger partial charge in [0.25, 0.3) is 5.91 Å². The van der Waals surface area contributed by atoms with E-state index in [1.54, 1.807) is 50.4 Å². The second kappa shape index (κ2) is 7.53. The Morgan fingerprint density at radius 3 is 2.54 bits per heavy atom. The van der Waals surface area contributed by atoms with Crippen molar-refractivity contribution in [1.82, 2.24) is 4.98 Å². The number of halogens is 1. The van der Waals surface area contributed by atoms with E-state index in [0.717, 1.165) is 11.3 Å². The summed E-state index contributed by atoms with van der Waals surface area (Å²) in [6.45, 7) is 1.73. The van der Waals surface area contributed by atoms with Crippen molar-refractivity contribution in [3.8, 4) is 22.1 Å². The summed E-state index contributed by atoms with van der Waals surface area (Å²) in [4.78, 5) is 17.4. The Balaban J connectivity index is 1.86. The fourth-order valence-corrected chi connectivity index (χ4v) is 3.45. The van der Waals surface area contributed by atoms with Crippen molar-refractivity contribution >= 4 is 22.9 Å². The van der Waals surface area contributed by atoms with Gasteiger partial charge in [0.1, 0.15) is 15.7 Å². The average Bonchev–Trinajstić information content (AvgIpc) is 3.03. The number of carbonyl (C=O) groups excluding carboxylic acids is 1. The average molecular weight is 372 g/mol. The van der Waals surface area contributed by atoms with Crippen molar-refractivity contribution in [3.63, 3.8) is 0 Å². The van der Waals surface area contributed by atoms with E-state index in [9.17, 15) is 9.18 Å². The minimum atomic E-state index is -0.368. The standard InChI is InChI=1S/C19H17FN2O3S/c1-11-17(26-19(21-11)13-6-4-5-7-14(13)20)18(23)22-12-8-9-15(24-2)16(10-12)25-3/h4-10H,1-3H3,(H,22,23). The van der Waals surface area contributed by atoms with E-state index in [-0.39, 0.29) is 11.7 Å². The summed E-state index contributed by atoms with van der Waals surface area (Å²) in [6, 6.07) is 11.5. The number of ether oxygens (including phenoxy) is 2. The van der Waals surface area contributed by atoms with Gasteiger partial charge in [0.15, 0.2) is 11.5 Å². The summed E-state index contributed by atoms with van der Waals surface area (Å²) in [5, 5.41) is 3.28. The molecule has 0 radical (unpaired) electrons. The highest BCUT2D eigenvalue weighted by Crippen LogP contribution is 2.32. The third-order valence-corrected chi connectivity index (χ3v) is 4.94. The number of hydrogen-bond donors (Lipinski definition) is 1. The van der Waals surface area contributed by atoms with Gasteiger partial charge in [0, 0.05) is 17.3 Å². The number of rotatable bonds is 5. The molecule has 3 aromatic rings. The maximum atomic E-state index is 14.0. The molecule has 0 spiro atoms. The van der Waals surface area contributed by atoms with Gasteiger partial charge in [-0.3, -0.25) is 4.79 Å². The molecule has 1 amide bonds. The van der Waals surface area contributed by atoms with E-state index >= 15 is 0 Å². The van der Waals surface area contributed by atoms with Gasteiger partial charge in [-0.25, -0.2) is 9.37 Å². The quantitative estimate of drug-likeness (QED) is 0.715. The van der Waals surface area contributed by atoms with Gasteiger partial charge in [-0.05, 0) is 31.2 Å². The lowest BCUT2D eigenvalue weighted by Gasteiger charge is -2.10. The summed E-state index contributed by atoms with van der Waals surface area (Å²) in [5.41, 5.74) is 1.49. The van der Waals surface area contributed by atoms with Crippen molar-refractivity contribution < 1.29 is 18.7 Å². The van der Waals surface area contributed by atoms with Crippen molar-refractivity contribution in [2.45, 2.75) is 6.92 Å². The van der Waals surface area contributed by atoms with Crippen LogP contribution in [0.3, 0.4) is 0 Å². The number of hydrogen-bond acceptors (Lipinski definition) is 5. The molecule has 0 saturated carbocycles. The van der Waals surface area contributed by atoms with Crippen LogP contribution in [-0.4, -0.2) is 25.1 Å². The molecule has 0 fully saturated rings. The molecule has 7 heteroatoms. The number of methoxy groups -OCH3 is 2. The lowest BCUT2D eigenvalue weighted by Crippen LogP contribution is -2.11. The summed E-state index contributed by atoms with van der Waals surface area (Å²) in [7, 11) is 3.07. The van der Waals surface area contributed by atoms with Gasteiger partial charge >= 0.3 is 0 Å². The van der Waals surface area contributed by atoms with Crippen LogP contribution in [0.15, 0.2) is 42.5 Å². The molecule has 134 valence electrons. The number of thiazole rings is 1. The van der Waals surface area contributed by atoms with E-state index in [1.807, 2.05) is 0 Å². The maximum Gasteiger partial charge on any atom is 0.267 e. The molecule has 0 unspecified atom stereocenters. The molecule has 3 rings (SSSR count). The van der Waals surface area contributed by atoms with Crippen LogP contribution in [0.4, 0.5) is 10.1 Å². The van der Waals surface area contributed by atoms with Gasteiger partial charge in [0.05, 0.1) is 19.9 Å². The number of benzene rings is 2. The minimum Gasteiger partial charge on any atom is -0.493 e. The molecule has 0 saturated heterocycles. The Hall–Kier alpha value is -2.93. The number of nitrogens with one attached hydrogen (secondary N) is 1. The molecule has 1 aromatic heterocycles. The van der Waals surface area contributed by atoms with E-state index in [4.69, 9.17) is 9.47 Å².